The van der Waals surface area contributed by atoms with Crippen molar-refractivity contribution < 1.29 is 14.3 Å². The second-order valence-corrected chi connectivity index (χ2v) is 7.51. The number of morpholine rings is 1. The van der Waals surface area contributed by atoms with Crippen LogP contribution in [0.3, 0.4) is 0 Å². The van der Waals surface area contributed by atoms with Gasteiger partial charge in [0.25, 0.3) is 0 Å². The molecule has 0 unspecified atom stereocenters. The average Bonchev–Trinajstić information content (AvgIpc) is 3.12. The van der Waals surface area contributed by atoms with Crippen molar-refractivity contribution in [1.82, 2.24) is 9.88 Å². The van der Waals surface area contributed by atoms with Crippen LogP contribution in [-0.4, -0.2) is 62.3 Å². The third-order valence-electron chi connectivity index (χ3n) is 5.03. The molecule has 25 heavy (non-hydrogen) atoms. The van der Waals surface area contributed by atoms with E-state index in [1.54, 1.807) is 18.4 Å². The zero-order valence-corrected chi connectivity index (χ0v) is 15.3. The van der Waals surface area contributed by atoms with Gasteiger partial charge in [-0.05, 0) is 25.0 Å². The molecule has 1 amide bonds. The summed E-state index contributed by atoms with van der Waals surface area (Å²) in [5, 5.41) is 1.02. The Labute approximate surface area is 151 Å². The first-order chi connectivity index (χ1) is 12.3. The maximum absolute atomic E-state index is 12.6. The van der Waals surface area contributed by atoms with Crippen molar-refractivity contribution in [2.75, 3.05) is 51.4 Å². The van der Waals surface area contributed by atoms with Gasteiger partial charge in [0, 0.05) is 32.1 Å². The maximum atomic E-state index is 12.6. The van der Waals surface area contributed by atoms with E-state index in [9.17, 15) is 4.79 Å². The van der Waals surface area contributed by atoms with Gasteiger partial charge in [0.15, 0.2) is 5.13 Å². The standard InChI is InChI=1S/C18H23N3O3S/c1-23-14-3-2-4-15-16(14)19-18(25-15)21-7-5-13(6-8-21)17(22)20-9-11-24-12-10-20/h2-4,13H,5-12H2,1H3. The SMILES string of the molecule is COc1cccc2sc(N3CCC(C(=O)N4CCOCC4)CC3)nc12. The van der Waals surface area contributed by atoms with Crippen LogP contribution in [0.1, 0.15) is 12.8 Å². The summed E-state index contributed by atoms with van der Waals surface area (Å²) in [6.45, 7) is 4.55. The van der Waals surface area contributed by atoms with Crippen LogP contribution in [0.5, 0.6) is 5.75 Å². The van der Waals surface area contributed by atoms with Crippen LogP contribution in [0.4, 0.5) is 5.13 Å². The number of carbonyl (C=O) groups is 1. The van der Waals surface area contributed by atoms with Gasteiger partial charge < -0.3 is 19.3 Å². The van der Waals surface area contributed by atoms with Gasteiger partial charge in [-0.25, -0.2) is 4.98 Å². The summed E-state index contributed by atoms with van der Waals surface area (Å²) in [5.41, 5.74) is 0.927. The molecule has 2 aliphatic rings. The van der Waals surface area contributed by atoms with E-state index in [1.807, 2.05) is 17.0 Å². The highest BCUT2D eigenvalue weighted by Crippen LogP contribution is 2.35. The van der Waals surface area contributed by atoms with Crippen LogP contribution >= 0.6 is 11.3 Å². The van der Waals surface area contributed by atoms with Gasteiger partial charge in [-0.3, -0.25) is 4.79 Å². The van der Waals surface area contributed by atoms with Gasteiger partial charge in [-0.15, -0.1) is 0 Å². The number of ether oxygens (including phenoxy) is 2. The van der Waals surface area contributed by atoms with Gasteiger partial charge in [0.1, 0.15) is 11.3 Å². The van der Waals surface area contributed by atoms with Gasteiger partial charge in [0.2, 0.25) is 5.91 Å². The fourth-order valence-electron chi connectivity index (χ4n) is 3.57. The number of aromatic nitrogens is 1. The van der Waals surface area contributed by atoms with Gasteiger partial charge in [-0.2, -0.15) is 0 Å². The lowest BCUT2D eigenvalue weighted by Gasteiger charge is -2.35. The molecule has 0 saturated carbocycles. The number of nitrogens with zero attached hydrogens (tertiary/aromatic N) is 3. The molecule has 2 saturated heterocycles. The van der Waals surface area contributed by atoms with Gasteiger partial charge in [-0.1, -0.05) is 17.4 Å². The first-order valence-electron chi connectivity index (χ1n) is 8.81. The second-order valence-electron chi connectivity index (χ2n) is 6.50. The van der Waals surface area contributed by atoms with Crippen LogP contribution in [-0.2, 0) is 9.53 Å². The molecule has 1 aromatic carbocycles. The van der Waals surface area contributed by atoms with E-state index in [2.05, 4.69) is 11.0 Å². The minimum Gasteiger partial charge on any atom is -0.494 e. The summed E-state index contributed by atoms with van der Waals surface area (Å²) in [4.78, 5) is 21.7. The van der Waals surface area contributed by atoms with Crippen molar-refractivity contribution in [2.45, 2.75) is 12.8 Å². The fourth-order valence-corrected chi connectivity index (χ4v) is 4.61. The summed E-state index contributed by atoms with van der Waals surface area (Å²) in [6.07, 6.45) is 1.78. The number of thiazole rings is 1. The predicted octanol–water partition coefficient (Wildman–Crippen LogP) is 2.38. The molecular weight excluding hydrogens is 338 g/mol. The Bertz CT molecular complexity index is 749. The molecule has 0 radical (unpaired) electrons. The lowest BCUT2D eigenvalue weighted by molar-refractivity contribution is -0.140. The van der Waals surface area contributed by atoms with Gasteiger partial charge >= 0.3 is 0 Å². The molecule has 134 valence electrons. The average molecular weight is 361 g/mol. The summed E-state index contributed by atoms with van der Waals surface area (Å²) in [5.74, 6) is 1.25. The third kappa shape index (κ3) is 3.30. The van der Waals surface area contributed by atoms with E-state index in [0.29, 0.717) is 19.1 Å². The Morgan fingerprint density at radius 1 is 1.24 bits per heavy atom. The largest absolute Gasteiger partial charge is 0.494 e. The Morgan fingerprint density at radius 3 is 2.72 bits per heavy atom. The van der Waals surface area contributed by atoms with Crippen LogP contribution in [0.2, 0.25) is 0 Å². The summed E-state index contributed by atoms with van der Waals surface area (Å²) < 4.78 is 11.9. The number of amides is 1. The van der Waals surface area contributed by atoms with E-state index in [-0.39, 0.29) is 5.92 Å². The van der Waals surface area contributed by atoms with Crippen LogP contribution in [0.25, 0.3) is 10.2 Å². The van der Waals surface area contributed by atoms with E-state index < -0.39 is 0 Å². The highest BCUT2D eigenvalue weighted by Gasteiger charge is 2.30. The molecule has 2 fully saturated rings. The summed E-state index contributed by atoms with van der Waals surface area (Å²) in [6, 6.07) is 6.02. The third-order valence-corrected chi connectivity index (χ3v) is 6.11. The number of carbonyl (C=O) groups excluding carboxylic acids is 1. The molecule has 1 aromatic heterocycles. The van der Waals surface area contributed by atoms with Crippen molar-refractivity contribution in [3.05, 3.63) is 18.2 Å². The molecule has 2 aliphatic heterocycles. The topological polar surface area (TPSA) is 54.9 Å². The first-order valence-corrected chi connectivity index (χ1v) is 9.63. The van der Waals surface area contributed by atoms with Crippen molar-refractivity contribution >= 4 is 32.6 Å². The number of piperidine rings is 1. The van der Waals surface area contributed by atoms with E-state index in [0.717, 1.165) is 60.1 Å². The molecule has 2 aromatic rings. The molecule has 0 bridgehead atoms. The smallest absolute Gasteiger partial charge is 0.225 e. The Kier molecular flexibility index (Phi) is 4.76. The van der Waals surface area contributed by atoms with Crippen LogP contribution < -0.4 is 9.64 Å². The minimum absolute atomic E-state index is 0.137. The number of hydrogen-bond donors (Lipinski definition) is 0. The van der Waals surface area contributed by atoms with Crippen LogP contribution in [0.15, 0.2) is 18.2 Å². The van der Waals surface area contributed by atoms with Crippen molar-refractivity contribution in [3.8, 4) is 5.75 Å². The molecule has 0 aliphatic carbocycles. The van der Waals surface area contributed by atoms with Crippen molar-refractivity contribution in [3.63, 3.8) is 0 Å². The molecule has 7 heteroatoms. The Morgan fingerprint density at radius 2 is 2.00 bits per heavy atom. The Balaban J connectivity index is 1.42. The fraction of sp³-hybridized carbons (Fsp3) is 0.556. The molecular formula is C18H23N3O3S. The van der Waals surface area contributed by atoms with E-state index in [1.165, 1.54) is 0 Å². The van der Waals surface area contributed by atoms with Crippen LogP contribution in [0, 0.1) is 5.92 Å². The van der Waals surface area contributed by atoms with Gasteiger partial charge in [0.05, 0.1) is 25.0 Å². The predicted molar refractivity (Wildman–Crippen MR) is 98.5 cm³/mol. The molecule has 6 nitrogen and oxygen atoms in total. The highest BCUT2D eigenvalue weighted by molar-refractivity contribution is 7.22. The number of fused-ring (bicyclic) bond motifs is 1. The number of anilines is 1. The lowest BCUT2D eigenvalue weighted by Crippen LogP contribution is -2.46. The van der Waals surface area contributed by atoms with E-state index >= 15 is 0 Å². The number of hydrogen-bond acceptors (Lipinski definition) is 6. The zero-order valence-electron chi connectivity index (χ0n) is 14.4. The minimum atomic E-state index is 0.137. The summed E-state index contributed by atoms with van der Waals surface area (Å²) in [7, 11) is 1.68. The monoisotopic (exact) mass is 361 g/mol. The second kappa shape index (κ2) is 7.17. The maximum Gasteiger partial charge on any atom is 0.225 e. The number of rotatable bonds is 3. The Hall–Kier alpha value is -1.86. The van der Waals surface area contributed by atoms with E-state index in [4.69, 9.17) is 14.5 Å². The lowest BCUT2D eigenvalue weighted by atomic mass is 9.95. The molecule has 4 rings (SSSR count). The zero-order chi connectivity index (χ0) is 17.2. The normalized spacial score (nSPS) is 19.4. The summed E-state index contributed by atoms with van der Waals surface area (Å²) >= 11 is 1.69. The van der Waals surface area contributed by atoms with Crippen molar-refractivity contribution in [2.24, 2.45) is 5.92 Å². The number of para-hydroxylation sites is 1. The molecule has 0 spiro atoms. The first kappa shape index (κ1) is 16.6. The molecule has 0 atom stereocenters. The molecule has 0 N–H and O–H groups in total. The quantitative estimate of drug-likeness (QED) is 0.840. The van der Waals surface area contributed by atoms with Crippen molar-refractivity contribution in [1.29, 1.82) is 0 Å². The highest BCUT2D eigenvalue weighted by atomic mass is 32.1. The molecule has 3 heterocycles. The number of methoxy groups -OCH3 is 1. The number of benzene rings is 1.